The summed E-state index contributed by atoms with van der Waals surface area (Å²) in [6.45, 7) is 5.47. The summed E-state index contributed by atoms with van der Waals surface area (Å²) in [6.07, 6.45) is 0. The van der Waals surface area contributed by atoms with Gasteiger partial charge in [-0.2, -0.15) is 0 Å². The summed E-state index contributed by atoms with van der Waals surface area (Å²) < 4.78 is 18.6. The minimum atomic E-state index is -0.209. The third-order valence-electron chi connectivity index (χ3n) is 2.62. The predicted molar refractivity (Wildman–Crippen MR) is 67.8 cm³/mol. The minimum absolute atomic E-state index is 0.209. The fourth-order valence-electron chi connectivity index (χ4n) is 1.60. The summed E-state index contributed by atoms with van der Waals surface area (Å²) in [7, 11) is 3.53. The van der Waals surface area contributed by atoms with Crippen molar-refractivity contribution in [3.05, 3.63) is 29.6 Å². The number of nitrogens with zero attached hydrogens (tertiary/aromatic N) is 1. The van der Waals surface area contributed by atoms with Crippen LogP contribution < -0.4 is 10.1 Å². The third kappa shape index (κ3) is 4.71. The monoisotopic (exact) mass is 240 g/mol. The van der Waals surface area contributed by atoms with Crippen molar-refractivity contribution in [1.82, 2.24) is 10.2 Å². The van der Waals surface area contributed by atoms with E-state index in [0.717, 1.165) is 19.6 Å². The highest BCUT2D eigenvalue weighted by Gasteiger charge is 2.06. The number of halogens is 1. The fraction of sp³-hybridized carbons (Fsp3) is 0.538. The largest absolute Gasteiger partial charge is 0.497 e. The van der Waals surface area contributed by atoms with Gasteiger partial charge in [-0.3, -0.25) is 0 Å². The molecule has 96 valence electrons. The molecule has 0 atom stereocenters. The van der Waals surface area contributed by atoms with Crippen LogP contribution in [0.4, 0.5) is 4.39 Å². The molecule has 4 heteroatoms. The number of benzene rings is 1. The molecule has 0 aliphatic carbocycles. The Kier molecular flexibility index (Phi) is 5.94. The smallest absolute Gasteiger partial charge is 0.131 e. The highest BCUT2D eigenvalue weighted by Crippen LogP contribution is 2.17. The zero-order chi connectivity index (χ0) is 12.7. The van der Waals surface area contributed by atoms with Crippen LogP contribution in [0.3, 0.4) is 0 Å². The number of methoxy groups -OCH3 is 1. The van der Waals surface area contributed by atoms with E-state index in [1.807, 2.05) is 7.05 Å². The summed E-state index contributed by atoms with van der Waals surface area (Å²) >= 11 is 0. The van der Waals surface area contributed by atoms with E-state index in [-0.39, 0.29) is 5.82 Å². The Morgan fingerprint density at radius 2 is 2.18 bits per heavy atom. The number of rotatable bonds is 7. The molecular formula is C13H21FN2O. The zero-order valence-electron chi connectivity index (χ0n) is 10.8. The number of likely N-dealkylation sites (N-methyl/N-ethyl adjacent to an activating group) is 2. The van der Waals surface area contributed by atoms with E-state index >= 15 is 0 Å². The minimum Gasteiger partial charge on any atom is -0.497 e. The summed E-state index contributed by atoms with van der Waals surface area (Å²) in [4.78, 5) is 2.09. The van der Waals surface area contributed by atoms with Crippen LogP contribution >= 0.6 is 0 Å². The lowest BCUT2D eigenvalue weighted by Gasteiger charge is -2.17. The first-order chi connectivity index (χ1) is 8.17. The first-order valence-electron chi connectivity index (χ1n) is 5.89. The van der Waals surface area contributed by atoms with Gasteiger partial charge in [0.15, 0.2) is 0 Å². The highest BCUT2D eigenvalue weighted by atomic mass is 19.1. The molecule has 3 nitrogen and oxygen atoms in total. The summed E-state index contributed by atoms with van der Waals surface area (Å²) in [5.41, 5.74) is 0.699. The molecule has 0 saturated heterocycles. The normalized spacial score (nSPS) is 10.9. The molecule has 0 heterocycles. The molecule has 0 aromatic heterocycles. The van der Waals surface area contributed by atoms with Crippen LogP contribution in [0.2, 0.25) is 0 Å². The second-order valence-corrected chi connectivity index (χ2v) is 4.05. The Bertz CT molecular complexity index is 344. The van der Waals surface area contributed by atoms with Crippen LogP contribution in [-0.4, -0.2) is 38.7 Å². The van der Waals surface area contributed by atoms with Crippen LogP contribution in [0.25, 0.3) is 0 Å². The van der Waals surface area contributed by atoms with E-state index in [4.69, 9.17) is 4.74 Å². The van der Waals surface area contributed by atoms with Crippen molar-refractivity contribution < 1.29 is 9.13 Å². The lowest BCUT2D eigenvalue weighted by Crippen LogP contribution is -2.29. The predicted octanol–water partition coefficient (Wildman–Crippen LogP) is 1.88. The van der Waals surface area contributed by atoms with Crippen LogP contribution in [0.5, 0.6) is 5.75 Å². The molecule has 1 rings (SSSR count). The lowest BCUT2D eigenvalue weighted by atomic mass is 10.2. The molecule has 0 saturated carbocycles. The van der Waals surface area contributed by atoms with Gasteiger partial charge >= 0.3 is 0 Å². The van der Waals surface area contributed by atoms with Crippen LogP contribution in [-0.2, 0) is 6.54 Å². The Morgan fingerprint density at radius 1 is 1.41 bits per heavy atom. The Labute approximate surface area is 103 Å². The van der Waals surface area contributed by atoms with Gasteiger partial charge in [-0.05, 0) is 19.7 Å². The van der Waals surface area contributed by atoms with Crippen molar-refractivity contribution >= 4 is 0 Å². The second kappa shape index (κ2) is 7.25. The van der Waals surface area contributed by atoms with Crippen molar-refractivity contribution in [3.8, 4) is 5.75 Å². The molecule has 0 aliphatic rings. The van der Waals surface area contributed by atoms with E-state index in [0.29, 0.717) is 17.9 Å². The standard InChI is InChI=1S/C13H21FN2O/c1-4-15-7-8-16(2)10-11-5-6-12(17-3)9-13(11)14/h5-6,9,15H,4,7-8,10H2,1-3H3. The molecule has 0 fully saturated rings. The summed E-state index contributed by atoms with van der Waals surface area (Å²) in [6, 6.07) is 4.99. The number of hydrogen-bond donors (Lipinski definition) is 1. The number of ether oxygens (including phenoxy) is 1. The molecule has 0 amide bonds. The van der Waals surface area contributed by atoms with Crippen LogP contribution in [0.1, 0.15) is 12.5 Å². The molecule has 1 aromatic carbocycles. The van der Waals surface area contributed by atoms with Crippen molar-refractivity contribution in [2.24, 2.45) is 0 Å². The first-order valence-corrected chi connectivity index (χ1v) is 5.89. The molecule has 0 bridgehead atoms. The maximum absolute atomic E-state index is 13.7. The van der Waals surface area contributed by atoms with Crippen molar-refractivity contribution in [1.29, 1.82) is 0 Å². The average Bonchev–Trinajstić information content (AvgIpc) is 2.32. The zero-order valence-corrected chi connectivity index (χ0v) is 10.8. The highest BCUT2D eigenvalue weighted by molar-refractivity contribution is 5.28. The first kappa shape index (κ1) is 13.9. The summed E-state index contributed by atoms with van der Waals surface area (Å²) in [5, 5.41) is 3.24. The lowest BCUT2D eigenvalue weighted by molar-refractivity contribution is 0.319. The molecular weight excluding hydrogens is 219 g/mol. The maximum atomic E-state index is 13.7. The van der Waals surface area contributed by atoms with Gasteiger partial charge in [0.1, 0.15) is 11.6 Å². The Morgan fingerprint density at radius 3 is 2.76 bits per heavy atom. The third-order valence-corrected chi connectivity index (χ3v) is 2.62. The maximum Gasteiger partial charge on any atom is 0.131 e. The van der Waals surface area contributed by atoms with Crippen molar-refractivity contribution in [2.45, 2.75) is 13.5 Å². The quantitative estimate of drug-likeness (QED) is 0.736. The van der Waals surface area contributed by atoms with Gasteiger partial charge in [0.25, 0.3) is 0 Å². The molecule has 0 radical (unpaired) electrons. The molecule has 0 unspecified atom stereocenters. The van der Waals surface area contributed by atoms with E-state index in [1.165, 1.54) is 13.2 Å². The van der Waals surface area contributed by atoms with Crippen molar-refractivity contribution in [2.75, 3.05) is 33.8 Å². The van der Waals surface area contributed by atoms with Gasteiger partial charge in [0.2, 0.25) is 0 Å². The fourth-order valence-corrected chi connectivity index (χ4v) is 1.60. The molecule has 0 aliphatic heterocycles. The van der Waals surface area contributed by atoms with E-state index in [9.17, 15) is 4.39 Å². The van der Waals surface area contributed by atoms with E-state index in [1.54, 1.807) is 12.1 Å². The number of hydrogen-bond acceptors (Lipinski definition) is 3. The van der Waals surface area contributed by atoms with Gasteiger partial charge in [0.05, 0.1) is 7.11 Å². The van der Waals surface area contributed by atoms with Crippen LogP contribution in [0.15, 0.2) is 18.2 Å². The molecule has 17 heavy (non-hydrogen) atoms. The van der Waals surface area contributed by atoms with Gasteiger partial charge < -0.3 is 15.0 Å². The molecule has 1 aromatic rings. The second-order valence-electron chi connectivity index (χ2n) is 4.05. The topological polar surface area (TPSA) is 24.5 Å². The number of nitrogens with one attached hydrogen (secondary N) is 1. The van der Waals surface area contributed by atoms with Gasteiger partial charge in [0, 0.05) is 31.3 Å². The summed E-state index contributed by atoms with van der Waals surface area (Å²) in [5.74, 6) is 0.348. The van der Waals surface area contributed by atoms with Crippen LogP contribution in [0, 0.1) is 5.82 Å². The van der Waals surface area contributed by atoms with Gasteiger partial charge in [-0.25, -0.2) is 4.39 Å². The van der Waals surface area contributed by atoms with E-state index in [2.05, 4.69) is 17.1 Å². The Hall–Kier alpha value is -1.13. The van der Waals surface area contributed by atoms with Gasteiger partial charge in [-0.1, -0.05) is 13.0 Å². The van der Waals surface area contributed by atoms with Gasteiger partial charge in [-0.15, -0.1) is 0 Å². The Balaban J connectivity index is 2.50. The molecule has 0 spiro atoms. The molecule has 1 N–H and O–H groups in total. The average molecular weight is 240 g/mol. The SMILES string of the molecule is CCNCCN(C)Cc1ccc(OC)cc1F. The van der Waals surface area contributed by atoms with E-state index < -0.39 is 0 Å². The van der Waals surface area contributed by atoms with Crippen molar-refractivity contribution in [3.63, 3.8) is 0 Å².